The van der Waals surface area contributed by atoms with Gasteiger partial charge in [-0.15, -0.1) is 0 Å². The van der Waals surface area contributed by atoms with Gasteiger partial charge in [0.15, 0.2) is 5.82 Å². The highest BCUT2D eigenvalue weighted by Gasteiger charge is 2.27. The van der Waals surface area contributed by atoms with Gasteiger partial charge in [-0.25, -0.2) is 9.97 Å². The van der Waals surface area contributed by atoms with Crippen molar-refractivity contribution in [2.24, 2.45) is 0 Å². The van der Waals surface area contributed by atoms with E-state index >= 15 is 0 Å². The average Bonchev–Trinajstić information content (AvgIpc) is 3.18. The Balaban J connectivity index is 1.65. The van der Waals surface area contributed by atoms with Crippen LogP contribution in [0.5, 0.6) is 5.75 Å². The Kier molecular flexibility index (Phi) is 5.03. The smallest absolute Gasteiger partial charge is 0.269 e. The molecule has 1 aromatic carbocycles. The van der Waals surface area contributed by atoms with E-state index in [0.29, 0.717) is 36.6 Å². The quantitative estimate of drug-likeness (QED) is 0.563. The summed E-state index contributed by atoms with van der Waals surface area (Å²) in [5, 5.41) is 18.9. The van der Waals surface area contributed by atoms with Gasteiger partial charge in [0.25, 0.3) is 5.91 Å². The molecular formula is C20H21N5O3. The molecule has 2 heterocycles. The van der Waals surface area contributed by atoms with Gasteiger partial charge in [0.1, 0.15) is 17.1 Å². The largest absolute Gasteiger partial charge is 0.497 e. The van der Waals surface area contributed by atoms with Crippen LogP contribution in [-0.2, 0) is 12.8 Å². The number of amides is 1. The van der Waals surface area contributed by atoms with E-state index in [-0.39, 0.29) is 12.5 Å². The van der Waals surface area contributed by atoms with Gasteiger partial charge in [0.2, 0.25) is 0 Å². The fourth-order valence-corrected chi connectivity index (χ4v) is 3.30. The first-order valence-corrected chi connectivity index (χ1v) is 9.18. The molecular weight excluding hydrogens is 358 g/mol. The van der Waals surface area contributed by atoms with Crippen LogP contribution in [0, 0.1) is 0 Å². The predicted octanol–water partition coefficient (Wildman–Crippen LogP) is 1.75. The monoisotopic (exact) mass is 379 g/mol. The molecule has 0 spiro atoms. The zero-order valence-electron chi connectivity index (χ0n) is 15.5. The van der Waals surface area contributed by atoms with E-state index in [1.807, 2.05) is 30.5 Å². The number of aliphatic hydroxyl groups is 1. The molecule has 0 radical (unpaired) electrons. The maximum Gasteiger partial charge on any atom is 0.269 e. The van der Waals surface area contributed by atoms with Gasteiger partial charge in [0, 0.05) is 30.5 Å². The standard InChI is InChI=1S/C20H21N5O3/c1-28-14-6-3-12(4-7-14)19-22-11-13-5-8-15-17(16(13)23-19)24-25-18(15)20(27)21-9-2-10-26/h3-4,6-7,11,26H,2,5,8-10H2,1H3,(H,21,27)(H,24,25). The van der Waals surface area contributed by atoms with Crippen molar-refractivity contribution in [3.63, 3.8) is 0 Å². The molecule has 144 valence electrons. The van der Waals surface area contributed by atoms with E-state index in [1.54, 1.807) is 7.11 Å². The van der Waals surface area contributed by atoms with E-state index in [4.69, 9.17) is 14.8 Å². The zero-order valence-corrected chi connectivity index (χ0v) is 15.5. The Labute approximate surface area is 162 Å². The number of carbonyl (C=O) groups excluding carboxylic acids is 1. The number of hydrogen-bond donors (Lipinski definition) is 3. The number of aliphatic hydroxyl groups excluding tert-OH is 1. The van der Waals surface area contributed by atoms with Crippen molar-refractivity contribution < 1.29 is 14.6 Å². The summed E-state index contributed by atoms with van der Waals surface area (Å²) < 4.78 is 5.20. The number of nitrogens with zero attached hydrogens (tertiary/aromatic N) is 3. The molecule has 1 aliphatic rings. The maximum atomic E-state index is 12.4. The van der Waals surface area contributed by atoms with Crippen molar-refractivity contribution in [2.75, 3.05) is 20.3 Å². The molecule has 0 saturated carbocycles. The van der Waals surface area contributed by atoms with Crippen molar-refractivity contribution in [2.45, 2.75) is 19.3 Å². The van der Waals surface area contributed by atoms with Crippen LogP contribution in [0.15, 0.2) is 30.5 Å². The summed E-state index contributed by atoms with van der Waals surface area (Å²) in [7, 11) is 1.63. The Morgan fingerprint density at radius 1 is 1.25 bits per heavy atom. The van der Waals surface area contributed by atoms with Crippen molar-refractivity contribution in [1.29, 1.82) is 0 Å². The number of fused-ring (bicyclic) bond motifs is 3. The second-order valence-corrected chi connectivity index (χ2v) is 6.55. The summed E-state index contributed by atoms with van der Waals surface area (Å²) in [6, 6.07) is 7.56. The molecule has 1 aliphatic carbocycles. The van der Waals surface area contributed by atoms with Crippen LogP contribution in [0.2, 0.25) is 0 Å². The third kappa shape index (κ3) is 3.34. The number of aryl methyl sites for hydroxylation is 1. The number of methoxy groups -OCH3 is 1. The van der Waals surface area contributed by atoms with Gasteiger partial charge >= 0.3 is 0 Å². The number of carbonyl (C=O) groups is 1. The lowest BCUT2D eigenvalue weighted by Gasteiger charge is -2.15. The van der Waals surface area contributed by atoms with E-state index in [0.717, 1.165) is 34.6 Å². The molecule has 0 bridgehead atoms. The minimum Gasteiger partial charge on any atom is -0.497 e. The number of benzene rings is 1. The number of ether oxygens (including phenoxy) is 1. The molecule has 3 N–H and O–H groups in total. The predicted molar refractivity (Wildman–Crippen MR) is 103 cm³/mol. The molecule has 2 aromatic heterocycles. The molecule has 3 aromatic rings. The molecule has 0 fully saturated rings. The Morgan fingerprint density at radius 2 is 2.07 bits per heavy atom. The zero-order chi connectivity index (χ0) is 19.5. The normalized spacial score (nSPS) is 12.2. The minimum absolute atomic E-state index is 0.0415. The van der Waals surface area contributed by atoms with Crippen LogP contribution in [0.3, 0.4) is 0 Å². The lowest BCUT2D eigenvalue weighted by molar-refractivity contribution is 0.0945. The van der Waals surface area contributed by atoms with Gasteiger partial charge < -0.3 is 15.2 Å². The van der Waals surface area contributed by atoms with Gasteiger partial charge in [-0.3, -0.25) is 9.89 Å². The first kappa shape index (κ1) is 18.1. The lowest BCUT2D eigenvalue weighted by atomic mass is 9.93. The molecule has 8 heteroatoms. The minimum atomic E-state index is -0.213. The number of hydrogen-bond acceptors (Lipinski definition) is 6. The van der Waals surface area contributed by atoms with Crippen LogP contribution < -0.4 is 10.1 Å². The number of H-pyrrole nitrogens is 1. The van der Waals surface area contributed by atoms with E-state index in [9.17, 15) is 4.79 Å². The number of nitrogens with one attached hydrogen (secondary N) is 2. The van der Waals surface area contributed by atoms with Crippen molar-refractivity contribution in [3.8, 4) is 28.5 Å². The third-order valence-electron chi connectivity index (χ3n) is 4.80. The summed E-state index contributed by atoms with van der Waals surface area (Å²) in [6.45, 7) is 0.462. The van der Waals surface area contributed by atoms with Gasteiger partial charge in [-0.2, -0.15) is 5.10 Å². The highest BCUT2D eigenvalue weighted by Crippen LogP contribution is 2.33. The molecule has 0 aliphatic heterocycles. The molecule has 4 rings (SSSR count). The molecule has 28 heavy (non-hydrogen) atoms. The van der Waals surface area contributed by atoms with Crippen LogP contribution in [-0.4, -0.2) is 51.4 Å². The van der Waals surface area contributed by atoms with Crippen LogP contribution in [0.25, 0.3) is 22.8 Å². The summed E-state index contributed by atoms with van der Waals surface area (Å²) in [4.78, 5) is 21.6. The molecule has 0 saturated heterocycles. The number of rotatable bonds is 6. The number of aromatic amines is 1. The summed E-state index contributed by atoms with van der Waals surface area (Å²) in [5.74, 6) is 1.16. The van der Waals surface area contributed by atoms with Gasteiger partial charge in [0.05, 0.1) is 12.8 Å². The summed E-state index contributed by atoms with van der Waals surface area (Å²) in [5.41, 5.74) is 4.69. The first-order valence-electron chi connectivity index (χ1n) is 9.18. The first-order chi connectivity index (χ1) is 13.7. The van der Waals surface area contributed by atoms with Gasteiger partial charge in [-0.05, 0) is 49.1 Å². The second kappa shape index (κ2) is 7.77. The van der Waals surface area contributed by atoms with E-state index in [2.05, 4.69) is 20.5 Å². The SMILES string of the molecule is COc1ccc(-c2ncc3c(n2)-c2n[nH]c(C(=O)NCCCO)c2CC3)cc1. The van der Waals surface area contributed by atoms with Crippen LogP contribution >= 0.6 is 0 Å². The van der Waals surface area contributed by atoms with Crippen molar-refractivity contribution >= 4 is 5.91 Å². The summed E-state index contributed by atoms with van der Waals surface area (Å²) in [6.07, 6.45) is 3.80. The van der Waals surface area contributed by atoms with Crippen LogP contribution in [0.4, 0.5) is 0 Å². The second-order valence-electron chi connectivity index (χ2n) is 6.55. The highest BCUT2D eigenvalue weighted by molar-refractivity contribution is 5.95. The van der Waals surface area contributed by atoms with E-state index in [1.165, 1.54) is 0 Å². The fourth-order valence-electron chi connectivity index (χ4n) is 3.30. The average molecular weight is 379 g/mol. The third-order valence-corrected chi connectivity index (χ3v) is 4.80. The topological polar surface area (TPSA) is 113 Å². The number of aromatic nitrogens is 4. The summed E-state index contributed by atoms with van der Waals surface area (Å²) >= 11 is 0. The van der Waals surface area contributed by atoms with Crippen molar-refractivity contribution in [1.82, 2.24) is 25.5 Å². The Hall–Kier alpha value is -3.26. The fraction of sp³-hybridized carbons (Fsp3) is 0.300. The van der Waals surface area contributed by atoms with Gasteiger partial charge in [-0.1, -0.05) is 0 Å². The Morgan fingerprint density at radius 3 is 2.82 bits per heavy atom. The van der Waals surface area contributed by atoms with Crippen LogP contribution in [0.1, 0.15) is 28.0 Å². The van der Waals surface area contributed by atoms with E-state index < -0.39 is 0 Å². The molecule has 8 nitrogen and oxygen atoms in total. The molecule has 0 unspecified atom stereocenters. The van der Waals surface area contributed by atoms with Crippen molar-refractivity contribution in [3.05, 3.63) is 47.3 Å². The molecule has 1 amide bonds. The molecule has 0 atom stereocenters. The highest BCUT2D eigenvalue weighted by atomic mass is 16.5. The Bertz CT molecular complexity index is 998. The lowest BCUT2D eigenvalue weighted by Crippen LogP contribution is -2.26. The maximum absolute atomic E-state index is 12.4.